The Morgan fingerprint density at radius 1 is 1.03 bits per heavy atom. The summed E-state index contributed by atoms with van der Waals surface area (Å²) in [5.74, 6) is -0.0684. The van der Waals surface area contributed by atoms with Gasteiger partial charge in [0, 0.05) is 25.5 Å². The quantitative estimate of drug-likeness (QED) is 0.264. The molecular formula is C30H29Cl2N3O4. The van der Waals surface area contributed by atoms with E-state index in [4.69, 9.17) is 32.7 Å². The summed E-state index contributed by atoms with van der Waals surface area (Å²) in [5.41, 5.74) is 5.84. The molecule has 0 aliphatic carbocycles. The SMILES string of the molecule is CC(=O)NCc1ccccc1-c1ccc(C2OC(Cn3cnc(Cl)c3Cl)CC(c3ccc(CO)cc3)O2)cc1. The van der Waals surface area contributed by atoms with Crippen molar-refractivity contribution in [1.29, 1.82) is 0 Å². The number of aliphatic hydroxyl groups is 1. The Balaban J connectivity index is 1.40. The third-order valence-corrected chi connectivity index (χ3v) is 7.56. The van der Waals surface area contributed by atoms with Crippen LogP contribution in [0.4, 0.5) is 0 Å². The molecule has 1 fully saturated rings. The van der Waals surface area contributed by atoms with E-state index in [-0.39, 0.29) is 29.9 Å². The Morgan fingerprint density at radius 3 is 2.41 bits per heavy atom. The molecule has 3 aromatic carbocycles. The lowest BCUT2D eigenvalue weighted by atomic mass is 9.97. The molecule has 3 unspecified atom stereocenters. The van der Waals surface area contributed by atoms with Crippen LogP contribution >= 0.6 is 23.2 Å². The number of ether oxygens (including phenoxy) is 2. The first kappa shape index (κ1) is 27.4. The van der Waals surface area contributed by atoms with E-state index < -0.39 is 6.29 Å². The van der Waals surface area contributed by atoms with Crippen LogP contribution in [0, 0.1) is 0 Å². The fraction of sp³-hybridized carbons (Fsp3) is 0.267. The first-order chi connectivity index (χ1) is 18.9. The van der Waals surface area contributed by atoms with E-state index in [1.54, 1.807) is 10.9 Å². The standard InChI is InChI=1S/C30H29Cl2N3O4/c1-19(37)33-15-24-4-2-3-5-26(24)21-10-12-23(13-11-21)30-38-25(16-35-18-34-28(31)29(35)32)14-27(39-30)22-8-6-20(17-36)7-9-22/h2-13,18,25,27,30,36H,14-17H2,1H3,(H,33,37). The predicted molar refractivity (Wildman–Crippen MR) is 150 cm³/mol. The number of nitrogens with one attached hydrogen (secondary N) is 1. The van der Waals surface area contributed by atoms with E-state index in [9.17, 15) is 9.90 Å². The van der Waals surface area contributed by atoms with Gasteiger partial charge in [0.25, 0.3) is 0 Å². The molecule has 9 heteroatoms. The lowest BCUT2D eigenvalue weighted by Gasteiger charge is -2.36. The normalized spacial score (nSPS) is 19.1. The Bertz CT molecular complexity index is 1420. The van der Waals surface area contributed by atoms with Gasteiger partial charge in [0.2, 0.25) is 5.91 Å². The van der Waals surface area contributed by atoms with E-state index in [2.05, 4.69) is 10.3 Å². The molecule has 1 saturated heterocycles. The van der Waals surface area contributed by atoms with Crippen LogP contribution in [0.2, 0.25) is 10.3 Å². The largest absolute Gasteiger partial charge is 0.392 e. The summed E-state index contributed by atoms with van der Waals surface area (Å²) in [7, 11) is 0. The molecule has 39 heavy (non-hydrogen) atoms. The molecule has 0 radical (unpaired) electrons. The van der Waals surface area contributed by atoms with Gasteiger partial charge < -0.3 is 24.5 Å². The van der Waals surface area contributed by atoms with Gasteiger partial charge in [-0.3, -0.25) is 4.79 Å². The van der Waals surface area contributed by atoms with Gasteiger partial charge in [0.1, 0.15) is 5.15 Å². The topological polar surface area (TPSA) is 85.6 Å². The van der Waals surface area contributed by atoms with E-state index in [0.29, 0.717) is 24.7 Å². The maximum absolute atomic E-state index is 11.4. The molecule has 4 aromatic rings. The Hall–Kier alpha value is -3.20. The Labute approximate surface area is 237 Å². The lowest BCUT2D eigenvalue weighted by molar-refractivity contribution is -0.252. The van der Waals surface area contributed by atoms with Gasteiger partial charge in [0.15, 0.2) is 11.4 Å². The average molecular weight is 566 g/mol. The van der Waals surface area contributed by atoms with Gasteiger partial charge in [-0.15, -0.1) is 0 Å². The molecule has 1 aliphatic heterocycles. The van der Waals surface area contributed by atoms with Crippen molar-refractivity contribution in [2.75, 3.05) is 0 Å². The van der Waals surface area contributed by atoms with Crippen molar-refractivity contribution in [2.24, 2.45) is 0 Å². The van der Waals surface area contributed by atoms with Crippen LogP contribution in [0.1, 0.15) is 48.0 Å². The van der Waals surface area contributed by atoms with Gasteiger partial charge >= 0.3 is 0 Å². The molecule has 1 aliphatic rings. The maximum Gasteiger partial charge on any atom is 0.217 e. The molecule has 0 saturated carbocycles. The highest BCUT2D eigenvalue weighted by Crippen LogP contribution is 2.39. The third-order valence-electron chi connectivity index (χ3n) is 6.79. The molecule has 1 aromatic heterocycles. The number of hydrogen-bond acceptors (Lipinski definition) is 5. The number of carbonyl (C=O) groups excluding carboxylic acids is 1. The lowest BCUT2D eigenvalue weighted by Crippen LogP contribution is -2.32. The predicted octanol–water partition coefficient (Wildman–Crippen LogP) is 6.23. The zero-order chi connectivity index (χ0) is 27.4. The van der Waals surface area contributed by atoms with Crippen molar-refractivity contribution in [1.82, 2.24) is 14.9 Å². The van der Waals surface area contributed by atoms with Crippen LogP contribution in [-0.2, 0) is 34.0 Å². The van der Waals surface area contributed by atoms with E-state index in [0.717, 1.165) is 33.4 Å². The van der Waals surface area contributed by atoms with Gasteiger partial charge in [-0.1, -0.05) is 96.0 Å². The van der Waals surface area contributed by atoms with Crippen molar-refractivity contribution in [3.8, 4) is 11.1 Å². The van der Waals surface area contributed by atoms with Gasteiger partial charge in [-0.2, -0.15) is 0 Å². The fourth-order valence-electron chi connectivity index (χ4n) is 4.72. The Kier molecular flexibility index (Phi) is 8.65. The van der Waals surface area contributed by atoms with Crippen LogP contribution in [0.15, 0.2) is 79.1 Å². The van der Waals surface area contributed by atoms with E-state index in [1.165, 1.54) is 6.92 Å². The minimum Gasteiger partial charge on any atom is -0.392 e. The summed E-state index contributed by atoms with van der Waals surface area (Å²) in [6.07, 6.45) is 1.17. The van der Waals surface area contributed by atoms with Crippen molar-refractivity contribution < 1.29 is 19.4 Å². The molecule has 2 heterocycles. The van der Waals surface area contributed by atoms with Crippen LogP contribution in [0.25, 0.3) is 11.1 Å². The molecule has 0 spiro atoms. The highest BCUT2D eigenvalue weighted by molar-refractivity contribution is 6.40. The first-order valence-corrected chi connectivity index (χ1v) is 13.5. The number of rotatable bonds is 8. The number of halogens is 2. The van der Waals surface area contributed by atoms with Crippen LogP contribution < -0.4 is 5.32 Å². The van der Waals surface area contributed by atoms with E-state index >= 15 is 0 Å². The highest BCUT2D eigenvalue weighted by Gasteiger charge is 2.33. The van der Waals surface area contributed by atoms with Gasteiger partial charge in [0.05, 0.1) is 31.7 Å². The minimum absolute atomic E-state index is 0.0135. The number of benzene rings is 3. The second-order valence-corrected chi connectivity index (χ2v) is 10.2. The summed E-state index contributed by atoms with van der Waals surface area (Å²) in [6.45, 7) is 2.43. The van der Waals surface area contributed by atoms with Crippen LogP contribution in [0.5, 0.6) is 0 Å². The fourth-order valence-corrected chi connectivity index (χ4v) is 5.03. The minimum atomic E-state index is -0.604. The van der Waals surface area contributed by atoms with Crippen LogP contribution in [0.3, 0.4) is 0 Å². The Morgan fingerprint density at radius 2 is 1.74 bits per heavy atom. The second kappa shape index (κ2) is 12.3. The first-order valence-electron chi connectivity index (χ1n) is 12.7. The molecule has 202 valence electrons. The number of nitrogens with zero attached hydrogens (tertiary/aromatic N) is 2. The van der Waals surface area contributed by atoms with Gasteiger partial charge in [-0.25, -0.2) is 4.98 Å². The number of carbonyl (C=O) groups is 1. The van der Waals surface area contributed by atoms with E-state index in [1.807, 2.05) is 72.8 Å². The number of imidazole rings is 1. The number of amides is 1. The maximum atomic E-state index is 11.4. The van der Waals surface area contributed by atoms with Crippen molar-refractivity contribution in [3.05, 3.63) is 112 Å². The second-order valence-electron chi connectivity index (χ2n) is 9.52. The molecule has 3 atom stereocenters. The molecule has 7 nitrogen and oxygen atoms in total. The number of aromatic nitrogens is 2. The number of hydrogen-bond donors (Lipinski definition) is 2. The van der Waals surface area contributed by atoms with Crippen molar-refractivity contribution in [3.63, 3.8) is 0 Å². The summed E-state index contributed by atoms with van der Waals surface area (Å²) in [4.78, 5) is 15.5. The summed E-state index contributed by atoms with van der Waals surface area (Å²) in [5, 5.41) is 12.9. The van der Waals surface area contributed by atoms with Gasteiger partial charge in [-0.05, 0) is 27.8 Å². The zero-order valence-corrected chi connectivity index (χ0v) is 22.9. The summed E-state index contributed by atoms with van der Waals surface area (Å²) in [6, 6.07) is 23.8. The molecular weight excluding hydrogens is 537 g/mol. The van der Waals surface area contributed by atoms with Crippen LogP contribution in [-0.4, -0.2) is 26.7 Å². The monoisotopic (exact) mass is 565 g/mol. The average Bonchev–Trinajstić information content (AvgIpc) is 3.28. The number of aliphatic hydroxyl groups excluding tert-OH is 1. The third kappa shape index (κ3) is 6.52. The van der Waals surface area contributed by atoms with Crippen molar-refractivity contribution >= 4 is 29.1 Å². The molecule has 1 amide bonds. The zero-order valence-electron chi connectivity index (χ0n) is 21.4. The molecule has 0 bridgehead atoms. The van der Waals surface area contributed by atoms with Crippen molar-refractivity contribution in [2.45, 2.75) is 51.5 Å². The summed E-state index contributed by atoms with van der Waals surface area (Å²) >= 11 is 12.4. The molecule has 5 rings (SSSR count). The molecule has 2 N–H and O–H groups in total. The summed E-state index contributed by atoms with van der Waals surface area (Å²) < 4.78 is 14.6. The highest BCUT2D eigenvalue weighted by atomic mass is 35.5. The smallest absolute Gasteiger partial charge is 0.217 e.